The molecule has 0 bridgehead atoms. The van der Waals surface area contributed by atoms with Gasteiger partial charge in [-0.3, -0.25) is 4.68 Å². The highest BCUT2D eigenvalue weighted by molar-refractivity contribution is 6.32. The summed E-state index contributed by atoms with van der Waals surface area (Å²) in [4.78, 5) is 0. The molecule has 0 amide bonds. The molecule has 78 valence electrons. The number of benzene rings is 1. The van der Waals surface area contributed by atoms with Crippen molar-refractivity contribution in [2.45, 2.75) is 0 Å². The van der Waals surface area contributed by atoms with Crippen molar-refractivity contribution in [3.63, 3.8) is 0 Å². The summed E-state index contributed by atoms with van der Waals surface area (Å²) in [5, 5.41) is 14.1. The topological polar surface area (TPSA) is 64.1 Å². The number of halogens is 1. The maximum atomic E-state index is 9.76. The molecule has 0 aliphatic carbocycles. The average Bonchev–Trinajstić information content (AvgIpc) is 2.53. The predicted octanol–water partition coefficient (Wildman–Crippen LogP) is 2.03. The summed E-state index contributed by atoms with van der Waals surface area (Å²) in [5.74, 6) is 0.520. The molecule has 15 heavy (non-hydrogen) atoms. The van der Waals surface area contributed by atoms with E-state index in [1.165, 1.54) is 4.68 Å². The highest BCUT2D eigenvalue weighted by Crippen LogP contribution is 2.37. The van der Waals surface area contributed by atoms with Crippen molar-refractivity contribution in [1.82, 2.24) is 9.78 Å². The molecule has 0 aliphatic heterocycles. The number of phenolic OH excluding ortho intramolecular Hbond substituents is 1. The lowest BCUT2D eigenvalue weighted by Gasteiger charge is -2.04. The van der Waals surface area contributed by atoms with Gasteiger partial charge in [-0.1, -0.05) is 23.7 Å². The number of nitrogens with two attached hydrogens (primary N) is 1. The molecule has 1 aromatic carbocycles. The van der Waals surface area contributed by atoms with E-state index in [1.807, 2.05) is 0 Å². The Balaban J connectivity index is 2.64. The van der Waals surface area contributed by atoms with Crippen LogP contribution in [0.15, 0.2) is 24.4 Å². The van der Waals surface area contributed by atoms with Crippen LogP contribution in [0.2, 0.25) is 5.02 Å². The van der Waals surface area contributed by atoms with E-state index in [2.05, 4.69) is 5.10 Å². The Kier molecular flexibility index (Phi) is 2.28. The lowest BCUT2D eigenvalue weighted by Crippen LogP contribution is -1.98. The first-order valence-corrected chi connectivity index (χ1v) is 4.74. The highest BCUT2D eigenvalue weighted by Gasteiger charge is 2.12. The number of para-hydroxylation sites is 1. The number of hydrogen-bond acceptors (Lipinski definition) is 3. The number of aromatic hydroxyl groups is 1. The van der Waals surface area contributed by atoms with Gasteiger partial charge >= 0.3 is 0 Å². The third kappa shape index (κ3) is 1.53. The van der Waals surface area contributed by atoms with Gasteiger partial charge in [0.2, 0.25) is 0 Å². The minimum atomic E-state index is 0.0267. The first kappa shape index (κ1) is 9.86. The third-order valence-corrected chi connectivity index (χ3v) is 2.57. The van der Waals surface area contributed by atoms with E-state index in [0.717, 1.165) is 0 Å². The van der Waals surface area contributed by atoms with Crippen molar-refractivity contribution in [3.8, 4) is 16.9 Å². The molecular formula is C10H10ClN3O. The summed E-state index contributed by atoms with van der Waals surface area (Å²) >= 11 is 5.80. The highest BCUT2D eigenvalue weighted by atomic mass is 35.5. The van der Waals surface area contributed by atoms with E-state index in [0.29, 0.717) is 22.0 Å². The largest absolute Gasteiger partial charge is 0.506 e. The summed E-state index contributed by atoms with van der Waals surface area (Å²) in [7, 11) is 1.74. The molecule has 2 aromatic rings. The van der Waals surface area contributed by atoms with Gasteiger partial charge in [0.25, 0.3) is 0 Å². The zero-order chi connectivity index (χ0) is 11.0. The van der Waals surface area contributed by atoms with Crippen molar-refractivity contribution < 1.29 is 5.11 Å². The Labute approximate surface area is 91.9 Å². The summed E-state index contributed by atoms with van der Waals surface area (Å²) in [5.41, 5.74) is 7.07. The first-order valence-electron chi connectivity index (χ1n) is 4.36. The SMILES string of the molecule is Cn1ncc(-c2cccc(Cl)c2O)c1N. The number of hydrogen-bond donors (Lipinski definition) is 2. The summed E-state index contributed by atoms with van der Waals surface area (Å²) in [6, 6.07) is 5.12. The molecule has 5 heteroatoms. The molecule has 0 fully saturated rings. The molecule has 0 saturated heterocycles. The van der Waals surface area contributed by atoms with Crippen molar-refractivity contribution in [2.24, 2.45) is 7.05 Å². The first-order chi connectivity index (χ1) is 7.11. The fraction of sp³-hybridized carbons (Fsp3) is 0.100. The fourth-order valence-corrected chi connectivity index (χ4v) is 1.56. The van der Waals surface area contributed by atoms with Crippen molar-refractivity contribution >= 4 is 17.4 Å². The Bertz CT molecular complexity index is 507. The van der Waals surface area contributed by atoms with Gasteiger partial charge in [-0.25, -0.2) is 0 Å². The normalized spacial score (nSPS) is 10.5. The molecule has 3 N–H and O–H groups in total. The molecular weight excluding hydrogens is 214 g/mol. The number of nitrogens with zero attached hydrogens (tertiary/aromatic N) is 2. The van der Waals surface area contributed by atoms with Crippen LogP contribution in [0.5, 0.6) is 5.75 Å². The smallest absolute Gasteiger partial charge is 0.142 e. The Morgan fingerprint density at radius 1 is 1.40 bits per heavy atom. The Morgan fingerprint density at radius 2 is 2.13 bits per heavy atom. The zero-order valence-corrected chi connectivity index (χ0v) is 8.86. The van der Waals surface area contributed by atoms with Crippen LogP contribution in [0.4, 0.5) is 5.82 Å². The molecule has 0 radical (unpaired) electrons. The fourth-order valence-electron chi connectivity index (χ4n) is 1.39. The predicted molar refractivity (Wildman–Crippen MR) is 59.7 cm³/mol. The van der Waals surface area contributed by atoms with Gasteiger partial charge < -0.3 is 10.8 Å². The standard InChI is InChI=1S/C10H10ClN3O/c1-14-10(12)7(5-13-14)6-3-2-4-8(11)9(6)15/h2-5,15H,12H2,1H3. The van der Waals surface area contributed by atoms with E-state index in [-0.39, 0.29) is 5.75 Å². The minimum Gasteiger partial charge on any atom is -0.506 e. The van der Waals surface area contributed by atoms with Gasteiger partial charge in [0.1, 0.15) is 11.6 Å². The zero-order valence-electron chi connectivity index (χ0n) is 8.11. The van der Waals surface area contributed by atoms with E-state index in [1.54, 1.807) is 31.4 Å². The van der Waals surface area contributed by atoms with Crippen LogP contribution in [0.1, 0.15) is 0 Å². The van der Waals surface area contributed by atoms with E-state index in [4.69, 9.17) is 17.3 Å². The quantitative estimate of drug-likeness (QED) is 0.778. The minimum absolute atomic E-state index is 0.0267. The molecule has 2 rings (SSSR count). The third-order valence-electron chi connectivity index (χ3n) is 2.26. The molecule has 1 aromatic heterocycles. The van der Waals surface area contributed by atoms with Gasteiger partial charge in [-0.15, -0.1) is 0 Å². The number of phenols is 1. The molecule has 1 heterocycles. The van der Waals surface area contributed by atoms with Crippen molar-refractivity contribution in [1.29, 1.82) is 0 Å². The molecule has 0 aliphatic rings. The van der Waals surface area contributed by atoms with E-state index < -0.39 is 0 Å². The lowest BCUT2D eigenvalue weighted by atomic mass is 10.1. The van der Waals surface area contributed by atoms with Gasteiger partial charge in [-0.05, 0) is 6.07 Å². The second-order valence-electron chi connectivity index (χ2n) is 3.20. The van der Waals surface area contributed by atoms with Crippen LogP contribution in [-0.4, -0.2) is 14.9 Å². The van der Waals surface area contributed by atoms with Crippen LogP contribution in [-0.2, 0) is 7.05 Å². The van der Waals surface area contributed by atoms with Gasteiger partial charge in [0.15, 0.2) is 0 Å². The Hall–Kier alpha value is -1.68. The second-order valence-corrected chi connectivity index (χ2v) is 3.61. The molecule has 0 unspecified atom stereocenters. The number of rotatable bonds is 1. The molecule has 0 spiro atoms. The summed E-state index contributed by atoms with van der Waals surface area (Å²) in [6.45, 7) is 0. The Morgan fingerprint density at radius 3 is 2.73 bits per heavy atom. The van der Waals surface area contributed by atoms with Crippen LogP contribution in [0, 0.1) is 0 Å². The lowest BCUT2D eigenvalue weighted by molar-refractivity contribution is 0.477. The van der Waals surface area contributed by atoms with Crippen LogP contribution < -0.4 is 5.73 Å². The van der Waals surface area contributed by atoms with Crippen LogP contribution in [0.25, 0.3) is 11.1 Å². The maximum Gasteiger partial charge on any atom is 0.142 e. The van der Waals surface area contributed by atoms with Gasteiger partial charge in [-0.2, -0.15) is 5.10 Å². The number of anilines is 1. The molecule has 0 saturated carbocycles. The van der Waals surface area contributed by atoms with Gasteiger partial charge in [0, 0.05) is 18.2 Å². The number of nitrogen functional groups attached to an aromatic ring is 1. The van der Waals surface area contributed by atoms with Crippen molar-refractivity contribution in [3.05, 3.63) is 29.4 Å². The maximum absolute atomic E-state index is 9.76. The summed E-state index contributed by atoms with van der Waals surface area (Å²) in [6.07, 6.45) is 1.60. The van der Waals surface area contributed by atoms with Gasteiger partial charge in [0.05, 0.1) is 11.2 Å². The van der Waals surface area contributed by atoms with Crippen LogP contribution in [0.3, 0.4) is 0 Å². The number of aromatic nitrogens is 2. The summed E-state index contributed by atoms with van der Waals surface area (Å²) < 4.78 is 1.54. The second kappa shape index (κ2) is 3.47. The van der Waals surface area contributed by atoms with Crippen molar-refractivity contribution in [2.75, 3.05) is 5.73 Å². The molecule has 0 atom stereocenters. The van der Waals surface area contributed by atoms with E-state index in [9.17, 15) is 5.11 Å². The monoisotopic (exact) mass is 223 g/mol. The molecule has 4 nitrogen and oxygen atoms in total. The van der Waals surface area contributed by atoms with E-state index >= 15 is 0 Å². The van der Waals surface area contributed by atoms with Crippen LogP contribution >= 0.6 is 11.6 Å². The average molecular weight is 224 g/mol. The number of aryl methyl sites for hydroxylation is 1.